The van der Waals surface area contributed by atoms with Gasteiger partial charge in [-0.05, 0) is 111 Å². The quantitative estimate of drug-likeness (QED) is 0.559. The fraction of sp³-hybridized carbons (Fsp3) is 1.00. The fourth-order valence-corrected chi connectivity index (χ4v) is 10.4. The topological polar surface area (TPSA) is 41.5 Å². The van der Waals surface area contributed by atoms with Gasteiger partial charge in [-0.15, -0.1) is 0 Å². The maximum atomic E-state index is 10.3. The van der Waals surface area contributed by atoms with Gasteiger partial charge in [-0.2, -0.15) is 0 Å². The zero-order valence-corrected chi connectivity index (χ0v) is 19.8. The predicted molar refractivity (Wildman–Crippen MR) is 120 cm³/mol. The lowest BCUT2D eigenvalue weighted by Crippen LogP contribution is -2.57. The second kappa shape index (κ2) is 6.70. The number of ether oxygens (including phenoxy) is 1. The van der Waals surface area contributed by atoms with Gasteiger partial charge in [0.25, 0.3) is 0 Å². The first kappa shape index (κ1) is 20.5. The number of hydrogen-bond acceptors (Lipinski definition) is 3. The monoisotopic (exact) mass is 415 g/mol. The number of aliphatic hydroxyl groups excluding tert-OH is 1. The molecule has 0 amide bonds. The Bertz CT molecular complexity index is 686. The Morgan fingerprint density at radius 3 is 2.43 bits per heavy atom. The van der Waals surface area contributed by atoms with Crippen molar-refractivity contribution in [1.29, 1.82) is 0 Å². The van der Waals surface area contributed by atoms with Crippen molar-refractivity contribution >= 4 is 0 Å². The van der Waals surface area contributed by atoms with E-state index >= 15 is 0 Å². The Hall–Kier alpha value is -0.120. The summed E-state index contributed by atoms with van der Waals surface area (Å²) in [6, 6.07) is 0. The van der Waals surface area contributed by atoms with Crippen molar-refractivity contribution in [2.75, 3.05) is 6.54 Å². The average Bonchev–Trinajstić information content (AvgIpc) is 3.16. The van der Waals surface area contributed by atoms with Gasteiger partial charge >= 0.3 is 0 Å². The molecular formula is C27H45NO2. The van der Waals surface area contributed by atoms with Crippen molar-refractivity contribution in [3.8, 4) is 0 Å². The van der Waals surface area contributed by atoms with E-state index in [4.69, 9.17) is 4.74 Å². The first-order valence-electron chi connectivity index (χ1n) is 13.4. The number of aliphatic hydroxyl groups is 1. The van der Waals surface area contributed by atoms with E-state index in [9.17, 15) is 5.11 Å². The SMILES string of the molecule is C[C@H]1CC[C@@]2(NC1)O[C@H]1C[C@H]3[C@@H]4CC[C@H]5C[C@H](O)CC[C@]5(C)[C@H]4CC[C@]3(C)[C@H]1[C@@H]2C. The summed E-state index contributed by atoms with van der Waals surface area (Å²) >= 11 is 0. The van der Waals surface area contributed by atoms with Gasteiger partial charge in [0.05, 0.1) is 12.2 Å². The Kier molecular flexibility index (Phi) is 4.58. The van der Waals surface area contributed by atoms with Gasteiger partial charge in [-0.25, -0.2) is 0 Å². The van der Waals surface area contributed by atoms with E-state index in [2.05, 4.69) is 33.0 Å². The molecule has 6 rings (SSSR count). The van der Waals surface area contributed by atoms with E-state index in [-0.39, 0.29) is 11.8 Å². The molecule has 2 N–H and O–H groups in total. The molecule has 0 aromatic carbocycles. The summed E-state index contributed by atoms with van der Waals surface area (Å²) in [5.41, 5.74) is 0.919. The largest absolute Gasteiger partial charge is 0.393 e. The van der Waals surface area contributed by atoms with Crippen LogP contribution in [0.3, 0.4) is 0 Å². The van der Waals surface area contributed by atoms with Crippen LogP contribution in [-0.4, -0.2) is 29.6 Å². The number of rotatable bonds is 0. The summed E-state index contributed by atoms with van der Waals surface area (Å²) in [4.78, 5) is 0. The van der Waals surface area contributed by atoms with Crippen LogP contribution in [0.15, 0.2) is 0 Å². The van der Waals surface area contributed by atoms with Crippen LogP contribution in [0.4, 0.5) is 0 Å². The predicted octanol–water partition coefficient (Wildman–Crippen LogP) is 5.37. The van der Waals surface area contributed by atoms with Crippen LogP contribution in [0.25, 0.3) is 0 Å². The van der Waals surface area contributed by atoms with Gasteiger partial charge in [0.15, 0.2) is 0 Å². The molecule has 0 aromatic rings. The first-order chi connectivity index (χ1) is 14.3. The van der Waals surface area contributed by atoms with Gasteiger partial charge in [0.2, 0.25) is 0 Å². The molecule has 6 aliphatic rings. The molecular weight excluding hydrogens is 370 g/mol. The highest BCUT2D eigenvalue weighted by Crippen LogP contribution is 2.71. The Morgan fingerprint density at radius 1 is 0.867 bits per heavy atom. The van der Waals surface area contributed by atoms with Crippen LogP contribution in [-0.2, 0) is 4.74 Å². The lowest BCUT2D eigenvalue weighted by molar-refractivity contribution is -0.140. The van der Waals surface area contributed by atoms with E-state index in [1.54, 1.807) is 0 Å². The summed E-state index contributed by atoms with van der Waals surface area (Å²) in [7, 11) is 0. The highest BCUT2D eigenvalue weighted by Gasteiger charge is 2.68. The molecule has 3 heteroatoms. The third-order valence-corrected chi connectivity index (χ3v) is 12.1. The Balaban J connectivity index is 1.26. The molecule has 0 bridgehead atoms. The molecule has 2 heterocycles. The van der Waals surface area contributed by atoms with Crippen LogP contribution >= 0.6 is 0 Å². The third kappa shape index (κ3) is 2.61. The highest BCUT2D eigenvalue weighted by atomic mass is 16.5. The zero-order chi connectivity index (χ0) is 20.9. The van der Waals surface area contributed by atoms with E-state index in [1.807, 2.05) is 0 Å². The molecule has 170 valence electrons. The van der Waals surface area contributed by atoms with Gasteiger partial charge in [0, 0.05) is 12.5 Å². The number of nitrogens with one attached hydrogen (secondary N) is 1. The first-order valence-corrected chi connectivity index (χ1v) is 13.4. The maximum absolute atomic E-state index is 10.3. The molecule has 30 heavy (non-hydrogen) atoms. The van der Waals surface area contributed by atoms with E-state index in [0.29, 0.717) is 22.9 Å². The average molecular weight is 416 g/mol. The molecule has 4 saturated carbocycles. The van der Waals surface area contributed by atoms with E-state index in [0.717, 1.165) is 54.9 Å². The van der Waals surface area contributed by atoms with Crippen LogP contribution in [0.1, 0.15) is 91.9 Å². The molecule has 1 spiro atoms. The standard InChI is InChI=1S/C27H45NO2/c1-16-7-12-27(28-15-16)17(2)24-23(30-27)14-22-20-6-5-18-13-19(29)8-10-25(18,3)21(20)9-11-26(22,24)4/h16-24,28-29H,5-15H2,1-4H3/t16-,17-,18-,19+,20+,21-,22-,23-,24-,25-,26-,27+/m0/s1. The number of hydrogen-bond donors (Lipinski definition) is 2. The van der Waals surface area contributed by atoms with E-state index < -0.39 is 0 Å². The second-order valence-corrected chi connectivity index (χ2v) is 13.3. The molecule has 2 aliphatic heterocycles. The smallest absolute Gasteiger partial charge is 0.122 e. The van der Waals surface area contributed by atoms with Crippen LogP contribution in [0.5, 0.6) is 0 Å². The fourth-order valence-electron chi connectivity index (χ4n) is 10.4. The van der Waals surface area contributed by atoms with Crippen molar-refractivity contribution in [2.24, 2.45) is 52.3 Å². The van der Waals surface area contributed by atoms with Crippen LogP contribution < -0.4 is 5.32 Å². The molecule has 0 unspecified atom stereocenters. The summed E-state index contributed by atoms with van der Waals surface area (Å²) < 4.78 is 7.01. The minimum atomic E-state index is -0.0320. The summed E-state index contributed by atoms with van der Waals surface area (Å²) in [5, 5.41) is 14.2. The van der Waals surface area contributed by atoms with Crippen LogP contribution in [0, 0.1) is 52.3 Å². The number of piperidine rings is 1. The Morgan fingerprint density at radius 2 is 1.67 bits per heavy atom. The summed E-state index contributed by atoms with van der Waals surface area (Å²) in [5.74, 6) is 5.57. The van der Waals surface area contributed by atoms with E-state index in [1.165, 1.54) is 51.4 Å². The van der Waals surface area contributed by atoms with Gasteiger partial charge in [-0.3, -0.25) is 5.32 Å². The normalized spacial score (nSPS) is 62.5. The summed E-state index contributed by atoms with van der Waals surface area (Å²) in [6.45, 7) is 11.3. The molecule has 12 atom stereocenters. The third-order valence-electron chi connectivity index (χ3n) is 12.1. The van der Waals surface area contributed by atoms with Crippen molar-refractivity contribution in [3.05, 3.63) is 0 Å². The minimum Gasteiger partial charge on any atom is -0.393 e. The van der Waals surface area contributed by atoms with Crippen molar-refractivity contribution in [1.82, 2.24) is 5.32 Å². The van der Waals surface area contributed by atoms with Crippen molar-refractivity contribution in [2.45, 2.75) is 110 Å². The second-order valence-electron chi connectivity index (χ2n) is 13.3. The highest BCUT2D eigenvalue weighted by molar-refractivity contribution is 5.16. The van der Waals surface area contributed by atoms with Crippen LogP contribution in [0.2, 0.25) is 0 Å². The molecule has 3 nitrogen and oxygen atoms in total. The number of fused-ring (bicyclic) bond motifs is 7. The van der Waals surface area contributed by atoms with Gasteiger partial charge in [0.1, 0.15) is 5.72 Å². The maximum Gasteiger partial charge on any atom is 0.122 e. The Labute approximate surface area is 184 Å². The molecule has 4 aliphatic carbocycles. The molecule has 0 aromatic heterocycles. The zero-order valence-electron chi connectivity index (χ0n) is 19.8. The lowest BCUT2D eigenvalue weighted by Gasteiger charge is -2.61. The molecule has 2 saturated heterocycles. The van der Waals surface area contributed by atoms with Crippen molar-refractivity contribution < 1.29 is 9.84 Å². The molecule has 0 radical (unpaired) electrons. The van der Waals surface area contributed by atoms with Gasteiger partial charge < -0.3 is 9.84 Å². The molecule has 6 fully saturated rings. The van der Waals surface area contributed by atoms with Gasteiger partial charge in [-0.1, -0.05) is 27.7 Å². The summed E-state index contributed by atoms with van der Waals surface area (Å²) in [6.07, 6.45) is 13.2. The minimum absolute atomic E-state index is 0.0319. The lowest BCUT2D eigenvalue weighted by atomic mass is 9.44. The van der Waals surface area contributed by atoms with Crippen molar-refractivity contribution in [3.63, 3.8) is 0 Å².